The van der Waals surface area contributed by atoms with Gasteiger partial charge in [-0.05, 0) is 60.0 Å². The Bertz CT molecular complexity index is 1250. The number of ether oxygens (including phenoxy) is 1. The Kier molecular flexibility index (Phi) is 7.08. The fourth-order valence-electron chi connectivity index (χ4n) is 3.33. The lowest BCUT2D eigenvalue weighted by molar-refractivity contribution is 0.0734. The van der Waals surface area contributed by atoms with Crippen molar-refractivity contribution in [2.75, 3.05) is 13.1 Å². The molecule has 0 unspecified atom stereocenters. The van der Waals surface area contributed by atoms with Gasteiger partial charge in [0.15, 0.2) is 0 Å². The molecule has 32 heavy (non-hydrogen) atoms. The van der Waals surface area contributed by atoms with E-state index in [1.165, 1.54) is 10.4 Å². The van der Waals surface area contributed by atoms with Crippen LogP contribution in [-0.2, 0) is 10.0 Å². The highest BCUT2D eigenvalue weighted by Gasteiger charge is 2.25. The van der Waals surface area contributed by atoms with Gasteiger partial charge in [-0.2, -0.15) is 9.57 Å². The van der Waals surface area contributed by atoms with Crippen molar-refractivity contribution in [2.45, 2.75) is 25.7 Å². The summed E-state index contributed by atoms with van der Waals surface area (Å²) < 4.78 is 32.6. The highest BCUT2D eigenvalue weighted by molar-refractivity contribution is 7.89. The number of carbonyl (C=O) groups is 1. The fourth-order valence-corrected chi connectivity index (χ4v) is 5.04. The van der Waals surface area contributed by atoms with E-state index in [0.29, 0.717) is 30.0 Å². The highest BCUT2D eigenvalue weighted by atomic mass is 32.2. The first-order chi connectivity index (χ1) is 15.3. The molecule has 3 rings (SSSR count). The summed E-state index contributed by atoms with van der Waals surface area (Å²) in [6, 6.07) is 20.8. The first-order valence-corrected chi connectivity index (χ1v) is 11.7. The van der Waals surface area contributed by atoms with Crippen molar-refractivity contribution in [2.24, 2.45) is 0 Å². The van der Waals surface area contributed by atoms with Crippen molar-refractivity contribution in [1.82, 2.24) is 4.31 Å². The first-order valence-electron chi connectivity index (χ1n) is 10.2. The van der Waals surface area contributed by atoms with E-state index in [0.717, 1.165) is 11.1 Å². The second-order valence-electron chi connectivity index (χ2n) is 7.17. The van der Waals surface area contributed by atoms with Gasteiger partial charge < -0.3 is 4.74 Å². The number of nitriles is 1. The summed E-state index contributed by atoms with van der Waals surface area (Å²) in [5, 5.41) is 8.91. The Morgan fingerprint density at radius 2 is 1.50 bits per heavy atom. The maximum absolute atomic E-state index is 12.9. The number of carbonyl (C=O) groups excluding carboxylic acids is 1. The quantitative estimate of drug-likeness (QED) is 0.383. The predicted molar refractivity (Wildman–Crippen MR) is 123 cm³/mol. The Labute approximate surface area is 188 Å². The van der Waals surface area contributed by atoms with E-state index in [4.69, 9.17) is 10.00 Å². The summed E-state index contributed by atoms with van der Waals surface area (Å²) in [5.74, 6) is -0.284. The van der Waals surface area contributed by atoms with E-state index in [1.807, 2.05) is 24.3 Å². The summed E-state index contributed by atoms with van der Waals surface area (Å²) in [6.45, 7) is 5.94. The first kappa shape index (κ1) is 23.2. The maximum atomic E-state index is 12.9. The van der Waals surface area contributed by atoms with E-state index in [9.17, 15) is 13.2 Å². The van der Waals surface area contributed by atoms with Gasteiger partial charge in [-0.15, -0.1) is 0 Å². The van der Waals surface area contributed by atoms with E-state index < -0.39 is 16.0 Å². The lowest BCUT2D eigenvalue weighted by Crippen LogP contribution is -2.31. The molecule has 7 heteroatoms. The van der Waals surface area contributed by atoms with Gasteiger partial charge in [0.1, 0.15) is 5.75 Å². The van der Waals surface area contributed by atoms with Crippen LogP contribution in [0.5, 0.6) is 5.75 Å². The summed E-state index contributed by atoms with van der Waals surface area (Å²) in [5.41, 5.74) is 3.17. The molecule has 0 atom stereocenters. The molecular weight excluding hydrogens is 424 g/mol. The number of nitrogens with zero attached hydrogens (tertiary/aromatic N) is 2. The Balaban J connectivity index is 1.81. The number of hydrogen-bond acceptors (Lipinski definition) is 5. The molecule has 0 spiro atoms. The van der Waals surface area contributed by atoms with Crippen molar-refractivity contribution in [1.29, 1.82) is 5.26 Å². The highest BCUT2D eigenvalue weighted by Crippen LogP contribution is 2.25. The number of aryl methyl sites for hydroxylation is 1. The molecule has 0 saturated carbocycles. The number of benzene rings is 3. The topological polar surface area (TPSA) is 87.5 Å². The maximum Gasteiger partial charge on any atom is 0.343 e. The molecule has 0 N–H and O–H groups in total. The van der Waals surface area contributed by atoms with Crippen LogP contribution in [0.2, 0.25) is 0 Å². The zero-order chi connectivity index (χ0) is 23.3. The van der Waals surface area contributed by atoms with E-state index in [-0.39, 0.29) is 10.5 Å². The van der Waals surface area contributed by atoms with Crippen LogP contribution >= 0.6 is 0 Å². The minimum atomic E-state index is -3.70. The molecule has 0 aliphatic carbocycles. The molecule has 0 aliphatic rings. The molecular formula is C25H24N2O4S. The second-order valence-corrected chi connectivity index (χ2v) is 9.08. The van der Waals surface area contributed by atoms with Crippen molar-refractivity contribution in [3.63, 3.8) is 0 Å². The van der Waals surface area contributed by atoms with Crippen LogP contribution in [0.3, 0.4) is 0 Å². The third-order valence-corrected chi connectivity index (χ3v) is 7.35. The van der Waals surface area contributed by atoms with Crippen LogP contribution in [0.25, 0.3) is 11.1 Å². The Hall–Kier alpha value is -3.47. The lowest BCUT2D eigenvalue weighted by atomic mass is 10.0. The monoisotopic (exact) mass is 448 g/mol. The molecule has 0 fully saturated rings. The zero-order valence-corrected chi connectivity index (χ0v) is 19.0. The Morgan fingerprint density at radius 3 is 2.03 bits per heavy atom. The summed E-state index contributed by atoms with van der Waals surface area (Å²) in [4.78, 5) is 12.8. The Morgan fingerprint density at radius 1 is 0.938 bits per heavy atom. The van der Waals surface area contributed by atoms with Crippen molar-refractivity contribution in [3.05, 3.63) is 83.4 Å². The van der Waals surface area contributed by atoms with Crippen LogP contribution in [-0.4, -0.2) is 31.8 Å². The van der Waals surface area contributed by atoms with Crippen LogP contribution in [0.15, 0.2) is 71.6 Å². The molecule has 0 aliphatic heterocycles. The fraction of sp³-hybridized carbons (Fsp3) is 0.200. The SMILES string of the molecule is CCN(CC)S(=O)(=O)c1cc(C(=O)Oc2ccc(-c3ccc(C#N)cc3)cc2)ccc1C. The van der Waals surface area contributed by atoms with Gasteiger partial charge in [0.25, 0.3) is 0 Å². The predicted octanol–water partition coefficient (Wildman–Crippen LogP) is 4.78. The molecule has 164 valence electrons. The molecule has 0 saturated heterocycles. The normalized spacial score (nSPS) is 11.2. The third kappa shape index (κ3) is 4.88. The van der Waals surface area contributed by atoms with E-state index >= 15 is 0 Å². The van der Waals surface area contributed by atoms with E-state index in [1.54, 1.807) is 57.2 Å². The number of hydrogen-bond donors (Lipinski definition) is 0. The average Bonchev–Trinajstić information content (AvgIpc) is 2.80. The molecule has 0 bridgehead atoms. The van der Waals surface area contributed by atoms with Gasteiger partial charge in [-0.3, -0.25) is 0 Å². The van der Waals surface area contributed by atoms with E-state index in [2.05, 4.69) is 6.07 Å². The number of sulfonamides is 1. The van der Waals surface area contributed by atoms with Crippen molar-refractivity contribution in [3.8, 4) is 22.9 Å². The molecule has 3 aromatic carbocycles. The molecule has 0 radical (unpaired) electrons. The number of rotatable bonds is 7. The minimum Gasteiger partial charge on any atom is -0.423 e. The van der Waals surface area contributed by atoms with Crippen LogP contribution < -0.4 is 4.74 Å². The smallest absolute Gasteiger partial charge is 0.343 e. The molecule has 3 aromatic rings. The van der Waals surface area contributed by atoms with Crippen molar-refractivity contribution >= 4 is 16.0 Å². The second kappa shape index (κ2) is 9.77. The number of esters is 1. The molecule has 0 heterocycles. The third-order valence-electron chi connectivity index (χ3n) is 5.16. The lowest BCUT2D eigenvalue weighted by Gasteiger charge is -2.20. The summed E-state index contributed by atoms with van der Waals surface area (Å²) in [7, 11) is -3.70. The van der Waals surface area contributed by atoms with Gasteiger partial charge >= 0.3 is 5.97 Å². The minimum absolute atomic E-state index is 0.104. The van der Waals surface area contributed by atoms with Gasteiger partial charge in [-0.1, -0.05) is 44.2 Å². The molecule has 0 aromatic heterocycles. The summed E-state index contributed by atoms with van der Waals surface area (Å²) in [6.07, 6.45) is 0. The van der Waals surface area contributed by atoms with Gasteiger partial charge in [0.2, 0.25) is 10.0 Å². The van der Waals surface area contributed by atoms with Crippen LogP contribution in [0, 0.1) is 18.3 Å². The van der Waals surface area contributed by atoms with Crippen molar-refractivity contribution < 1.29 is 17.9 Å². The largest absolute Gasteiger partial charge is 0.423 e. The van der Waals surface area contributed by atoms with Crippen LogP contribution in [0.1, 0.15) is 35.3 Å². The molecule has 0 amide bonds. The standard InChI is InChI=1S/C25H24N2O4S/c1-4-27(5-2)32(29,30)24-16-22(9-6-18(24)3)25(28)31-23-14-12-21(13-15-23)20-10-7-19(17-26)8-11-20/h6-16H,4-5H2,1-3H3. The average molecular weight is 449 g/mol. The van der Waals surface area contributed by atoms with Gasteiger partial charge in [-0.25, -0.2) is 13.2 Å². The van der Waals surface area contributed by atoms with Crippen LogP contribution in [0.4, 0.5) is 0 Å². The van der Waals surface area contributed by atoms with Gasteiger partial charge in [0.05, 0.1) is 22.1 Å². The summed E-state index contributed by atoms with van der Waals surface area (Å²) >= 11 is 0. The molecule has 6 nitrogen and oxygen atoms in total. The van der Waals surface area contributed by atoms with Gasteiger partial charge in [0, 0.05) is 13.1 Å². The zero-order valence-electron chi connectivity index (χ0n) is 18.2.